The number of hydrogen-bond donors (Lipinski definition) is 3. The van der Waals surface area contributed by atoms with Gasteiger partial charge in [0.05, 0.1) is 0 Å². The number of benzene rings is 3. The quantitative estimate of drug-likeness (QED) is 0.505. The third-order valence-electron chi connectivity index (χ3n) is 3.20. The van der Waals surface area contributed by atoms with Gasteiger partial charge in [0.1, 0.15) is 23.1 Å². The number of nitrogens with two attached hydrogens (primary N) is 1. The van der Waals surface area contributed by atoms with Crippen LogP contribution in [-0.4, -0.2) is 10.9 Å². The summed E-state index contributed by atoms with van der Waals surface area (Å²) in [5.41, 5.74) is 6.19. The van der Waals surface area contributed by atoms with E-state index in [0.29, 0.717) is 17.1 Å². The van der Waals surface area contributed by atoms with Crippen LogP contribution in [0.4, 0.5) is 0 Å². The molecule has 0 amide bonds. The van der Waals surface area contributed by atoms with Gasteiger partial charge in [-0.25, -0.2) is 0 Å². The van der Waals surface area contributed by atoms with Crippen LogP contribution in [-0.2, 0) is 0 Å². The lowest BCUT2D eigenvalue weighted by Gasteiger charge is -2.08. The Bertz CT molecular complexity index is 811. The Morgan fingerprint density at radius 1 is 0.857 bits per heavy atom. The second-order valence-corrected chi connectivity index (χ2v) is 4.73. The Balaban J connectivity index is 1.92. The highest BCUT2D eigenvalue weighted by atomic mass is 16.5. The molecule has 0 aliphatic rings. The fraction of sp³-hybridized carbons (Fsp3) is 0. The van der Waals surface area contributed by atoms with Gasteiger partial charge < -0.3 is 15.6 Å². The summed E-state index contributed by atoms with van der Waals surface area (Å²) >= 11 is 0. The van der Waals surface area contributed by atoms with E-state index in [1.165, 1.54) is 0 Å². The maximum atomic E-state index is 9.25. The highest BCUT2D eigenvalue weighted by molar-refractivity contribution is 5.99. The predicted molar refractivity (Wildman–Crippen MR) is 83.1 cm³/mol. The van der Waals surface area contributed by atoms with Gasteiger partial charge >= 0.3 is 0 Å². The van der Waals surface area contributed by atoms with Gasteiger partial charge in [-0.3, -0.25) is 5.41 Å². The van der Waals surface area contributed by atoms with E-state index in [2.05, 4.69) is 0 Å². The summed E-state index contributed by atoms with van der Waals surface area (Å²) in [5, 5.41) is 18.7. The number of phenolic OH excluding ortho intramolecular Hbond substituents is 1. The van der Waals surface area contributed by atoms with Crippen molar-refractivity contribution in [3.63, 3.8) is 0 Å². The largest absolute Gasteiger partial charge is 0.508 e. The monoisotopic (exact) mass is 278 g/mol. The van der Waals surface area contributed by atoms with Gasteiger partial charge in [-0.05, 0) is 53.2 Å². The topological polar surface area (TPSA) is 79.3 Å². The molecule has 0 heterocycles. The molecule has 0 aliphatic heterocycles. The molecule has 0 radical (unpaired) electrons. The Kier molecular flexibility index (Phi) is 3.20. The molecule has 21 heavy (non-hydrogen) atoms. The lowest BCUT2D eigenvalue weighted by atomic mass is 10.1. The van der Waals surface area contributed by atoms with E-state index in [-0.39, 0.29) is 11.6 Å². The number of amidine groups is 1. The van der Waals surface area contributed by atoms with Gasteiger partial charge in [-0.15, -0.1) is 0 Å². The summed E-state index contributed by atoms with van der Waals surface area (Å²) < 4.78 is 5.74. The van der Waals surface area contributed by atoms with Crippen molar-refractivity contribution in [2.24, 2.45) is 5.73 Å². The lowest BCUT2D eigenvalue weighted by molar-refractivity contribution is 0.464. The summed E-state index contributed by atoms with van der Waals surface area (Å²) in [5.74, 6) is 1.63. The zero-order valence-electron chi connectivity index (χ0n) is 11.2. The smallest absolute Gasteiger partial charge is 0.128 e. The van der Waals surface area contributed by atoms with Crippen molar-refractivity contribution < 1.29 is 9.84 Å². The SMILES string of the molecule is N=C(N)c1ccc2cc(Oc3ccc(O)cc3)ccc2c1. The summed E-state index contributed by atoms with van der Waals surface area (Å²) in [4.78, 5) is 0. The van der Waals surface area contributed by atoms with E-state index < -0.39 is 0 Å². The molecule has 4 N–H and O–H groups in total. The number of nitrogen functional groups attached to an aromatic ring is 1. The van der Waals surface area contributed by atoms with Crippen molar-refractivity contribution in [1.82, 2.24) is 0 Å². The fourth-order valence-electron chi connectivity index (χ4n) is 2.11. The zero-order chi connectivity index (χ0) is 14.8. The van der Waals surface area contributed by atoms with Gasteiger partial charge in [-0.2, -0.15) is 0 Å². The molecule has 0 aromatic heterocycles. The third kappa shape index (κ3) is 2.79. The van der Waals surface area contributed by atoms with Gasteiger partial charge in [-0.1, -0.05) is 18.2 Å². The standard InChI is InChI=1S/C17H14N2O2/c18-17(19)13-2-1-12-10-16(6-3-11(12)9-13)21-15-7-4-14(20)5-8-15/h1-10,20H,(H3,18,19). The van der Waals surface area contributed by atoms with Crippen LogP contribution in [0.15, 0.2) is 60.7 Å². The maximum Gasteiger partial charge on any atom is 0.128 e. The first-order valence-corrected chi connectivity index (χ1v) is 6.47. The number of nitrogens with one attached hydrogen (secondary N) is 1. The highest BCUT2D eigenvalue weighted by Gasteiger charge is 2.02. The van der Waals surface area contributed by atoms with E-state index >= 15 is 0 Å². The van der Waals surface area contributed by atoms with Gasteiger partial charge in [0.2, 0.25) is 0 Å². The van der Waals surface area contributed by atoms with Crippen LogP contribution in [0.2, 0.25) is 0 Å². The fourth-order valence-corrected chi connectivity index (χ4v) is 2.11. The number of hydrogen-bond acceptors (Lipinski definition) is 3. The van der Waals surface area contributed by atoms with Crippen LogP contribution in [0.3, 0.4) is 0 Å². The van der Waals surface area contributed by atoms with Crippen molar-refractivity contribution >= 4 is 16.6 Å². The van der Waals surface area contributed by atoms with Gasteiger partial charge in [0, 0.05) is 5.56 Å². The lowest BCUT2D eigenvalue weighted by Crippen LogP contribution is -2.10. The first-order chi connectivity index (χ1) is 10.1. The highest BCUT2D eigenvalue weighted by Crippen LogP contribution is 2.27. The second-order valence-electron chi connectivity index (χ2n) is 4.73. The first-order valence-electron chi connectivity index (χ1n) is 6.47. The molecule has 0 spiro atoms. The molecule has 0 bridgehead atoms. The minimum atomic E-state index is 0.0568. The van der Waals surface area contributed by atoms with E-state index in [0.717, 1.165) is 10.8 Å². The van der Waals surface area contributed by atoms with Crippen molar-refractivity contribution in [3.8, 4) is 17.2 Å². The van der Waals surface area contributed by atoms with Crippen LogP contribution in [0.25, 0.3) is 10.8 Å². The molecule has 104 valence electrons. The summed E-state index contributed by atoms with van der Waals surface area (Å²) in [6.45, 7) is 0. The van der Waals surface area contributed by atoms with Crippen molar-refractivity contribution in [3.05, 3.63) is 66.2 Å². The minimum absolute atomic E-state index is 0.0568. The predicted octanol–water partition coefficient (Wildman–Crippen LogP) is 3.62. The average Bonchev–Trinajstić information content (AvgIpc) is 2.49. The van der Waals surface area contributed by atoms with E-state index in [1.807, 2.05) is 36.4 Å². The molecule has 4 heteroatoms. The average molecular weight is 278 g/mol. The van der Waals surface area contributed by atoms with Gasteiger partial charge in [0.25, 0.3) is 0 Å². The van der Waals surface area contributed by atoms with E-state index in [9.17, 15) is 5.11 Å². The number of aromatic hydroxyl groups is 1. The van der Waals surface area contributed by atoms with Gasteiger partial charge in [0.15, 0.2) is 0 Å². The molecule has 4 nitrogen and oxygen atoms in total. The third-order valence-corrected chi connectivity index (χ3v) is 3.20. The van der Waals surface area contributed by atoms with Crippen LogP contribution in [0, 0.1) is 5.41 Å². The zero-order valence-corrected chi connectivity index (χ0v) is 11.2. The van der Waals surface area contributed by atoms with Crippen LogP contribution in [0.1, 0.15) is 5.56 Å². The summed E-state index contributed by atoms with van der Waals surface area (Å²) in [6, 6.07) is 17.9. The molecule has 3 aromatic rings. The molecule has 0 atom stereocenters. The maximum absolute atomic E-state index is 9.25. The van der Waals surface area contributed by atoms with E-state index in [1.54, 1.807) is 24.3 Å². The number of ether oxygens (including phenoxy) is 1. The molecule has 0 aliphatic carbocycles. The van der Waals surface area contributed by atoms with Crippen LogP contribution < -0.4 is 10.5 Å². The second kappa shape index (κ2) is 5.17. The number of rotatable bonds is 3. The molecular formula is C17H14N2O2. The normalized spacial score (nSPS) is 10.5. The summed E-state index contributed by atoms with van der Waals surface area (Å²) in [6.07, 6.45) is 0. The molecular weight excluding hydrogens is 264 g/mol. The number of phenols is 1. The molecule has 0 fully saturated rings. The van der Waals surface area contributed by atoms with Crippen molar-refractivity contribution in [1.29, 1.82) is 5.41 Å². The van der Waals surface area contributed by atoms with Crippen LogP contribution >= 0.6 is 0 Å². The Labute approximate surface area is 121 Å². The van der Waals surface area contributed by atoms with Crippen LogP contribution in [0.5, 0.6) is 17.2 Å². The molecule has 0 saturated heterocycles. The molecule has 3 rings (SSSR count). The number of fused-ring (bicyclic) bond motifs is 1. The molecule has 3 aromatic carbocycles. The van der Waals surface area contributed by atoms with Crippen molar-refractivity contribution in [2.75, 3.05) is 0 Å². The Morgan fingerprint density at radius 3 is 2.19 bits per heavy atom. The Hall–Kier alpha value is -3.01. The first kappa shape index (κ1) is 13.0. The molecule has 0 unspecified atom stereocenters. The van der Waals surface area contributed by atoms with Crippen molar-refractivity contribution in [2.45, 2.75) is 0 Å². The minimum Gasteiger partial charge on any atom is -0.508 e. The van der Waals surface area contributed by atoms with E-state index in [4.69, 9.17) is 15.9 Å². The Morgan fingerprint density at radius 2 is 1.48 bits per heavy atom. The summed E-state index contributed by atoms with van der Waals surface area (Å²) in [7, 11) is 0. The molecule has 0 saturated carbocycles.